The van der Waals surface area contributed by atoms with Gasteiger partial charge in [-0.2, -0.15) is 33.7 Å². The highest BCUT2D eigenvalue weighted by Gasteiger charge is 2.28. The quantitative estimate of drug-likeness (QED) is 0.0772. The summed E-state index contributed by atoms with van der Waals surface area (Å²) in [5.41, 5.74) is 1.32. The van der Waals surface area contributed by atoms with Gasteiger partial charge in [-0.25, -0.2) is 9.97 Å². The molecule has 2 aliphatic rings. The number of aromatic amines is 2. The van der Waals surface area contributed by atoms with Crippen LogP contribution in [0.25, 0.3) is 90.9 Å². The van der Waals surface area contributed by atoms with Gasteiger partial charge in [0.1, 0.15) is 0 Å². The first-order valence-corrected chi connectivity index (χ1v) is 28.3. The zero-order valence-electron chi connectivity index (χ0n) is 34.8. The lowest BCUT2D eigenvalue weighted by atomic mass is 10.0. The average molecular weight is 1210 g/mol. The number of benzene rings is 4. The molecule has 0 atom stereocenters. The Bertz CT molecular complexity index is 3700. The van der Waals surface area contributed by atoms with Crippen LogP contribution in [-0.4, -0.2) is 71.8 Å². The van der Waals surface area contributed by atoms with Gasteiger partial charge in [0.25, 0.3) is 40.5 Å². The summed E-state index contributed by atoms with van der Waals surface area (Å²) in [6.07, 6.45) is 6.04. The lowest BCUT2D eigenvalue weighted by molar-refractivity contribution is 0.481. The number of hydrogen-bond acceptors (Lipinski definition) is 10. The number of rotatable bonds is 8. The number of fused-ring (bicyclic) bond motifs is 8. The molecule has 0 saturated heterocycles. The van der Waals surface area contributed by atoms with E-state index in [-0.39, 0.29) is 130 Å². The molecule has 0 spiro atoms. The third-order valence-electron chi connectivity index (χ3n) is 11.0. The Morgan fingerprint density at radius 2 is 0.472 bits per heavy atom. The molecule has 6 N–H and O–H groups in total. The van der Waals surface area contributed by atoms with Gasteiger partial charge in [-0.05, 0) is 97.1 Å². The fourth-order valence-electron chi connectivity index (χ4n) is 8.01. The highest BCUT2D eigenvalue weighted by molar-refractivity contribution is 7.86. The Morgan fingerprint density at radius 1 is 0.306 bits per heavy atom. The van der Waals surface area contributed by atoms with E-state index in [0.717, 1.165) is 48.5 Å². The summed E-state index contributed by atoms with van der Waals surface area (Å²) < 4.78 is 138. The minimum Gasteiger partial charge on any atom is -0.354 e. The molecule has 0 unspecified atom stereocenters. The van der Waals surface area contributed by atoms with Crippen molar-refractivity contribution in [2.45, 2.75) is 19.6 Å². The summed E-state index contributed by atoms with van der Waals surface area (Å²) in [5.74, 6) is 0. The molecular weight excluding hydrogens is 1190 g/mol. The molecule has 0 fully saturated rings. The van der Waals surface area contributed by atoms with Crippen LogP contribution < -0.4 is 0 Å². The number of aromatic nitrogens is 4. The zero-order valence-corrected chi connectivity index (χ0v) is 44.2. The molecule has 9 rings (SSSR count). The number of nitrogens with one attached hydrogen (secondary N) is 2. The highest BCUT2D eigenvalue weighted by Crippen LogP contribution is 2.48. The zero-order chi connectivity index (χ0) is 52.3. The third kappa shape index (κ3) is 9.69. The van der Waals surface area contributed by atoms with E-state index in [1.54, 1.807) is 0 Å². The van der Waals surface area contributed by atoms with Gasteiger partial charge in [0.15, 0.2) is 0 Å². The van der Waals surface area contributed by atoms with Gasteiger partial charge in [-0.3, -0.25) is 18.2 Å². The summed E-state index contributed by atoms with van der Waals surface area (Å²) in [5, 5.41) is -2.27. The molecule has 370 valence electrons. The van der Waals surface area contributed by atoms with Gasteiger partial charge in [-0.15, -0.1) is 0 Å². The Morgan fingerprint density at radius 3 is 0.625 bits per heavy atom. The third-order valence-corrected chi connectivity index (χ3v) is 16.7. The number of hydrogen-bond donors (Lipinski definition) is 6. The van der Waals surface area contributed by atoms with Gasteiger partial charge >= 0.3 is 0 Å². The average Bonchev–Trinajstić information content (AvgIpc) is 4.10. The predicted octanol–water partition coefficient (Wildman–Crippen LogP) is 13.5. The van der Waals surface area contributed by atoms with E-state index in [9.17, 15) is 51.9 Å². The van der Waals surface area contributed by atoms with Crippen LogP contribution in [-0.2, 0) is 40.5 Å². The molecule has 5 heterocycles. The lowest BCUT2D eigenvalue weighted by Crippen LogP contribution is -2.00. The first-order valence-electron chi connectivity index (χ1n) is 19.5. The number of halogens is 8. The van der Waals surface area contributed by atoms with Crippen LogP contribution in [0, 0.1) is 0 Å². The van der Waals surface area contributed by atoms with Crippen molar-refractivity contribution < 1.29 is 51.9 Å². The Labute approximate surface area is 447 Å². The van der Waals surface area contributed by atoms with Gasteiger partial charge in [0.05, 0.1) is 82.5 Å². The SMILES string of the molecule is O=S(=O)(O)c1cc(Cl)c(-c2c3nc(c(-c4c(Cl)cc(S(=O)(=O)O)cc4Cl)c4ccc([nH]4)c(-c4c(Cl)cc(S(=O)(=O)O)cc4Cl)c4nc(c(-c5c(Cl)cc(S(=O)(=O)O)cc5Cl)c5ccc2[nH]5)C=C4)C=C3)c(Cl)c1. The Kier molecular flexibility index (Phi) is 13.6. The second-order valence-corrected chi connectivity index (χ2v) is 24.4. The molecule has 0 amide bonds. The summed E-state index contributed by atoms with van der Waals surface area (Å²) in [6.45, 7) is 0. The van der Waals surface area contributed by atoms with Crippen molar-refractivity contribution in [2.24, 2.45) is 0 Å². The molecule has 0 aliphatic carbocycles. The van der Waals surface area contributed by atoms with Crippen molar-refractivity contribution >= 4 is 180 Å². The van der Waals surface area contributed by atoms with E-state index in [4.69, 9.17) is 103 Å². The van der Waals surface area contributed by atoms with Gasteiger partial charge < -0.3 is 9.97 Å². The summed E-state index contributed by atoms with van der Waals surface area (Å²) in [7, 11) is -19.4. The van der Waals surface area contributed by atoms with Crippen molar-refractivity contribution in [3.8, 4) is 44.5 Å². The molecule has 0 saturated carbocycles. The maximum Gasteiger partial charge on any atom is 0.294 e. The van der Waals surface area contributed by atoms with Gasteiger partial charge in [-0.1, -0.05) is 92.8 Å². The fraction of sp³-hybridized carbons (Fsp3) is 0. The van der Waals surface area contributed by atoms with Crippen LogP contribution in [0.3, 0.4) is 0 Å². The fourth-order valence-corrected chi connectivity index (χ4v) is 13.4. The maximum absolute atomic E-state index is 12.3. The second-order valence-electron chi connectivity index (χ2n) is 15.5. The van der Waals surface area contributed by atoms with Crippen LogP contribution in [0.4, 0.5) is 0 Å². The molecule has 4 aromatic carbocycles. The van der Waals surface area contributed by atoms with Crippen LogP contribution >= 0.6 is 92.8 Å². The Hall–Kier alpha value is -4.56. The standard InChI is InChI=1S/C44H22Cl8N4O12S4/c45-21-9-17(69(57,58)59)10-22(46)37(21)41-29-1-2-30(53-29)42(38-23(47)11-18(12-24(38)48)70(60,61)62)32-5-6-34(55-32)44(40-27(51)15-20(16-28(40)52)72(66,67)68)36-8-7-35(56-36)43(33-4-3-31(41)54-33)39-25(49)13-19(14-26(39)50)71(63,64)65/h1-16,53,56H,(H,57,58,59)(H,60,61,62)(H,63,64,65)(H,66,67,68). The Balaban J connectivity index is 1.54. The van der Waals surface area contributed by atoms with E-state index >= 15 is 0 Å². The van der Waals surface area contributed by atoms with E-state index in [1.165, 1.54) is 48.6 Å². The van der Waals surface area contributed by atoms with Gasteiger partial charge in [0, 0.05) is 66.6 Å². The van der Waals surface area contributed by atoms with E-state index in [2.05, 4.69) is 9.97 Å². The highest BCUT2D eigenvalue weighted by atomic mass is 35.5. The lowest BCUT2D eigenvalue weighted by Gasteiger charge is -2.13. The minimum atomic E-state index is -4.85. The smallest absolute Gasteiger partial charge is 0.294 e. The van der Waals surface area contributed by atoms with Crippen molar-refractivity contribution in [1.29, 1.82) is 0 Å². The van der Waals surface area contributed by atoms with E-state index in [1.807, 2.05) is 0 Å². The predicted molar refractivity (Wildman–Crippen MR) is 280 cm³/mol. The summed E-state index contributed by atoms with van der Waals surface area (Å²) in [4.78, 5) is 13.9. The van der Waals surface area contributed by atoms with Crippen LogP contribution in [0.1, 0.15) is 22.8 Å². The maximum atomic E-state index is 12.3. The van der Waals surface area contributed by atoms with Crippen molar-refractivity contribution in [3.63, 3.8) is 0 Å². The molecule has 3 aromatic heterocycles. The molecule has 0 radical (unpaired) electrons. The molecule has 7 aromatic rings. The monoisotopic (exact) mass is 1210 g/mol. The van der Waals surface area contributed by atoms with Crippen molar-refractivity contribution in [3.05, 3.63) is 136 Å². The van der Waals surface area contributed by atoms with Gasteiger partial charge in [0.2, 0.25) is 0 Å². The second kappa shape index (κ2) is 18.7. The molecule has 2 aliphatic heterocycles. The van der Waals surface area contributed by atoms with Crippen LogP contribution in [0.2, 0.25) is 40.2 Å². The molecule has 28 heteroatoms. The normalized spacial score (nSPS) is 13.1. The first kappa shape index (κ1) is 52.3. The molecule has 72 heavy (non-hydrogen) atoms. The van der Waals surface area contributed by atoms with Crippen molar-refractivity contribution in [2.75, 3.05) is 0 Å². The number of H-pyrrole nitrogens is 2. The van der Waals surface area contributed by atoms with Crippen LogP contribution in [0.15, 0.2) is 92.4 Å². The summed E-state index contributed by atoms with van der Waals surface area (Å²) >= 11 is 54.7. The minimum absolute atomic E-state index is 0.0148. The molecular formula is C44H22Cl8N4O12S4. The molecule has 8 bridgehead atoms. The van der Waals surface area contributed by atoms with Crippen LogP contribution in [0.5, 0.6) is 0 Å². The first-order chi connectivity index (χ1) is 33.5. The van der Waals surface area contributed by atoms with Crippen molar-refractivity contribution in [1.82, 2.24) is 19.9 Å². The molecule has 16 nitrogen and oxygen atoms in total. The number of nitrogens with zero attached hydrogens (tertiary/aromatic N) is 2. The topological polar surface area (TPSA) is 275 Å². The largest absolute Gasteiger partial charge is 0.354 e. The van der Waals surface area contributed by atoms with E-state index in [0.29, 0.717) is 0 Å². The van der Waals surface area contributed by atoms with E-state index < -0.39 is 60.1 Å². The summed E-state index contributed by atoms with van der Waals surface area (Å²) in [6, 6.07) is 13.8.